The highest BCUT2D eigenvalue weighted by Gasteiger charge is 2.27. The van der Waals surface area contributed by atoms with Gasteiger partial charge >= 0.3 is 23.9 Å². The zero-order chi connectivity index (χ0) is 41.1. The van der Waals surface area contributed by atoms with Crippen LogP contribution in [0, 0.1) is 20.8 Å². The summed E-state index contributed by atoms with van der Waals surface area (Å²) < 4.78 is 21.8. The normalized spacial score (nSPS) is 11.0. The second-order valence-corrected chi connectivity index (χ2v) is 13.9. The lowest BCUT2D eigenvalue weighted by Gasteiger charge is -2.10. The number of hydrogen-bond acceptors (Lipinski definition) is 9. The molecular weight excluding hydrogens is 727 g/mol. The van der Waals surface area contributed by atoms with E-state index in [9.17, 15) is 24.0 Å². The van der Waals surface area contributed by atoms with Gasteiger partial charge in [0.05, 0.1) is 13.2 Å². The summed E-state index contributed by atoms with van der Waals surface area (Å²) in [5, 5.41) is 0. The van der Waals surface area contributed by atoms with Gasteiger partial charge in [-0.05, 0) is 93.3 Å². The van der Waals surface area contributed by atoms with Crippen LogP contribution in [0.2, 0.25) is 0 Å². The molecule has 0 unspecified atom stereocenters. The Morgan fingerprint density at radius 2 is 0.965 bits per heavy atom. The van der Waals surface area contributed by atoms with E-state index in [4.69, 9.17) is 18.9 Å². The molecule has 5 rings (SSSR count). The molecule has 0 saturated carbocycles. The maximum atomic E-state index is 13.5. The van der Waals surface area contributed by atoms with Crippen molar-refractivity contribution in [2.75, 3.05) is 13.2 Å². The second-order valence-electron chi connectivity index (χ2n) is 13.9. The minimum atomic E-state index is -0.544. The number of esters is 4. The first-order valence-electron chi connectivity index (χ1n) is 19.3. The Balaban J connectivity index is 1.52. The molecule has 2 aromatic carbocycles. The van der Waals surface area contributed by atoms with Crippen LogP contribution in [-0.4, -0.2) is 57.8 Å². The van der Waals surface area contributed by atoms with Gasteiger partial charge in [0, 0.05) is 54.0 Å². The summed E-state index contributed by atoms with van der Waals surface area (Å²) in [6.07, 6.45) is 1.24. The van der Waals surface area contributed by atoms with Gasteiger partial charge in [-0.1, -0.05) is 60.7 Å². The van der Waals surface area contributed by atoms with E-state index in [1.807, 2.05) is 81.4 Å². The Morgan fingerprint density at radius 1 is 0.544 bits per heavy atom. The predicted octanol–water partition coefficient (Wildman–Crippen LogP) is 7.69. The fourth-order valence-electron chi connectivity index (χ4n) is 7.21. The topological polar surface area (TPSA) is 170 Å². The van der Waals surface area contributed by atoms with Crippen LogP contribution in [0.4, 0.5) is 0 Å². The minimum Gasteiger partial charge on any atom is -0.466 e. The van der Waals surface area contributed by atoms with Crippen molar-refractivity contribution in [1.82, 2.24) is 15.0 Å². The average molecular weight is 778 g/mol. The third-order valence-corrected chi connectivity index (χ3v) is 9.98. The standard InChI is InChI=1S/C45H51N3O9/c1-7-54-39(50)21-19-33-27(3)42(44(52)56-25-31-15-11-9-12-16-31)47-36(33)23-35-38(46-29(5)41(35)30(6)49)24-37-34(20-22-40(51)55-8-2)28(4)43(48-37)45(53)57-26-32-17-13-10-14-18-32/h9-18,46-48H,7-8,19-26H2,1-6H3. The van der Waals surface area contributed by atoms with Gasteiger partial charge in [-0.2, -0.15) is 0 Å². The number of rotatable bonds is 19. The number of H-pyrrole nitrogens is 3. The van der Waals surface area contributed by atoms with E-state index in [0.717, 1.165) is 22.3 Å². The highest BCUT2D eigenvalue weighted by atomic mass is 16.5. The number of aromatic nitrogens is 3. The van der Waals surface area contributed by atoms with Crippen LogP contribution in [0.15, 0.2) is 60.7 Å². The van der Waals surface area contributed by atoms with E-state index >= 15 is 0 Å². The third kappa shape index (κ3) is 10.6. The fraction of sp³-hybridized carbons (Fsp3) is 0.356. The third-order valence-electron chi connectivity index (χ3n) is 9.98. The highest BCUT2D eigenvalue weighted by Crippen LogP contribution is 2.31. The lowest BCUT2D eigenvalue weighted by Crippen LogP contribution is -2.08. The molecule has 3 heterocycles. The average Bonchev–Trinajstić information content (AvgIpc) is 3.80. The molecule has 0 atom stereocenters. The number of hydrogen-bond donors (Lipinski definition) is 3. The number of carbonyl (C=O) groups is 5. The van der Waals surface area contributed by atoms with Crippen molar-refractivity contribution in [2.24, 2.45) is 0 Å². The molecule has 0 spiro atoms. The molecule has 0 aliphatic carbocycles. The minimum absolute atomic E-state index is 0.0805. The van der Waals surface area contributed by atoms with E-state index in [-0.39, 0.29) is 81.2 Å². The van der Waals surface area contributed by atoms with Gasteiger partial charge in [-0.25, -0.2) is 9.59 Å². The highest BCUT2D eigenvalue weighted by molar-refractivity contribution is 5.97. The summed E-state index contributed by atoms with van der Waals surface area (Å²) in [5.41, 5.74) is 8.93. The molecule has 3 N–H and O–H groups in total. The lowest BCUT2D eigenvalue weighted by atomic mass is 9.94. The summed E-state index contributed by atoms with van der Waals surface area (Å²) in [6, 6.07) is 18.7. The summed E-state index contributed by atoms with van der Waals surface area (Å²) in [7, 11) is 0. The first-order valence-corrected chi connectivity index (χ1v) is 19.3. The quantitative estimate of drug-likeness (QED) is 0.0432. The van der Waals surface area contributed by atoms with Crippen molar-refractivity contribution in [2.45, 2.75) is 93.3 Å². The lowest BCUT2D eigenvalue weighted by molar-refractivity contribution is -0.144. The van der Waals surface area contributed by atoms with Gasteiger partial charge in [0.25, 0.3) is 0 Å². The van der Waals surface area contributed by atoms with Gasteiger partial charge in [0.1, 0.15) is 24.6 Å². The molecular formula is C45H51N3O9. The molecule has 12 heteroatoms. The maximum Gasteiger partial charge on any atom is 0.355 e. The smallest absolute Gasteiger partial charge is 0.355 e. The zero-order valence-electron chi connectivity index (χ0n) is 33.5. The number of carbonyl (C=O) groups excluding carboxylic acids is 5. The van der Waals surface area contributed by atoms with Crippen molar-refractivity contribution in [3.05, 3.63) is 139 Å². The maximum absolute atomic E-state index is 13.5. The summed E-state index contributed by atoms with van der Waals surface area (Å²) >= 11 is 0. The fourth-order valence-corrected chi connectivity index (χ4v) is 7.21. The van der Waals surface area contributed by atoms with Gasteiger partial charge in [0.2, 0.25) is 0 Å². The summed E-state index contributed by atoms with van der Waals surface area (Å²) in [4.78, 5) is 75.3. The SMILES string of the molecule is CCOC(=O)CCc1c(Cc2[nH]c(C)c(C(C)=O)c2Cc2[nH]c(C(=O)OCc3ccccc3)c(C)c2CCC(=O)OCC)[nH]c(C(=O)OCc2ccccc2)c1C. The second kappa shape index (κ2) is 19.6. The molecule has 0 aliphatic rings. The first-order chi connectivity index (χ1) is 27.4. The predicted molar refractivity (Wildman–Crippen MR) is 213 cm³/mol. The van der Waals surface area contributed by atoms with Crippen LogP contribution in [0.25, 0.3) is 0 Å². The Morgan fingerprint density at radius 3 is 1.39 bits per heavy atom. The largest absolute Gasteiger partial charge is 0.466 e. The molecule has 0 saturated heterocycles. The van der Waals surface area contributed by atoms with Crippen molar-refractivity contribution in [3.8, 4) is 0 Å². The van der Waals surface area contributed by atoms with Crippen molar-refractivity contribution >= 4 is 29.7 Å². The van der Waals surface area contributed by atoms with Crippen LogP contribution in [0.3, 0.4) is 0 Å². The number of ketones is 1. The molecule has 3 aromatic heterocycles. The molecule has 12 nitrogen and oxygen atoms in total. The van der Waals surface area contributed by atoms with Crippen LogP contribution in [0.1, 0.15) is 127 Å². The summed E-state index contributed by atoms with van der Waals surface area (Å²) in [5.74, 6) is -1.96. The summed E-state index contributed by atoms with van der Waals surface area (Å²) in [6.45, 7) is 11.1. The Kier molecular flexibility index (Phi) is 14.4. The van der Waals surface area contributed by atoms with Crippen LogP contribution < -0.4 is 0 Å². The van der Waals surface area contributed by atoms with E-state index in [2.05, 4.69) is 15.0 Å². The Labute approximate surface area is 332 Å². The van der Waals surface area contributed by atoms with E-state index in [1.165, 1.54) is 6.92 Å². The van der Waals surface area contributed by atoms with Crippen molar-refractivity contribution in [1.29, 1.82) is 0 Å². The van der Waals surface area contributed by atoms with Gasteiger partial charge in [-0.3, -0.25) is 14.4 Å². The number of Topliss-reactive ketones (excluding diaryl/α,β-unsaturated/α-hetero) is 1. The number of nitrogens with one attached hydrogen (secondary N) is 3. The molecule has 0 bridgehead atoms. The molecule has 0 radical (unpaired) electrons. The Hall–Kier alpha value is -6.17. The van der Waals surface area contributed by atoms with E-state index in [1.54, 1.807) is 13.8 Å². The molecule has 57 heavy (non-hydrogen) atoms. The monoisotopic (exact) mass is 777 g/mol. The van der Waals surface area contributed by atoms with Crippen molar-refractivity contribution in [3.63, 3.8) is 0 Å². The number of aryl methyl sites for hydroxylation is 1. The number of benzene rings is 2. The van der Waals surface area contributed by atoms with Gasteiger partial charge in [-0.15, -0.1) is 0 Å². The van der Waals surface area contributed by atoms with Crippen LogP contribution in [-0.2, 0) is 67.4 Å². The molecule has 0 amide bonds. The van der Waals surface area contributed by atoms with Crippen LogP contribution in [0.5, 0.6) is 0 Å². The van der Waals surface area contributed by atoms with E-state index < -0.39 is 11.9 Å². The van der Waals surface area contributed by atoms with Gasteiger partial charge < -0.3 is 33.9 Å². The molecule has 0 aliphatic heterocycles. The zero-order valence-corrected chi connectivity index (χ0v) is 33.5. The number of ether oxygens (including phenoxy) is 4. The molecule has 300 valence electrons. The van der Waals surface area contributed by atoms with E-state index in [0.29, 0.717) is 57.9 Å². The van der Waals surface area contributed by atoms with Crippen molar-refractivity contribution < 1.29 is 42.9 Å². The molecule has 5 aromatic rings. The molecule has 0 fully saturated rings. The van der Waals surface area contributed by atoms with Gasteiger partial charge in [0.15, 0.2) is 5.78 Å². The van der Waals surface area contributed by atoms with Crippen LogP contribution >= 0.6 is 0 Å². The first kappa shape index (κ1) is 42.0. The number of aromatic amines is 3. The Bertz CT molecular complexity index is 2210.